The molecule has 0 saturated carbocycles. The van der Waals surface area contributed by atoms with Gasteiger partial charge in [0.25, 0.3) is 0 Å². The van der Waals surface area contributed by atoms with Crippen molar-refractivity contribution in [3.05, 3.63) is 23.8 Å². The third-order valence-electron chi connectivity index (χ3n) is 3.56. The largest absolute Gasteiger partial charge is 0.398 e. The molecule has 4 nitrogen and oxygen atoms in total. The molecule has 120 valence electrons. The van der Waals surface area contributed by atoms with E-state index in [0.717, 1.165) is 30.7 Å². The van der Waals surface area contributed by atoms with Gasteiger partial charge in [-0.25, -0.2) is 13.1 Å². The number of hydrogen-bond acceptors (Lipinski definition) is 3. The summed E-state index contributed by atoms with van der Waals surface area (Å²) in [4.78, 5) is 0.241. The summed E-state index contributed by atoms with van der Waals surface area (Å²) in [6.07, 6.45) is 5.56. The lowest BCUT2D eigenvalue weighted by Crippen LogP contribution is -2.24. The van der Waals surface area contributed by atoms with E-state index in [2.05, 4.69) is 18.6 Å². The first-order chi connectivity index (χ1) is 9.83. The second kappa shape index (κ2) is 8.39. The molecule has 1 aromatic carbocycles. The second-order valence-corrected chi connectivity index (χ2v) is 7.78. The smallest absolute Gasteiger partial charge is 0.240 e. The molecule has 0 aliphatic rings. The Hall–Kier alpha value is -1.07. The molecule has 0 aliphatic heterocycles. The topological polar surface area (TPSA) is 72.2 Å². The van der Waals surface area contributed by atoms with Crippen LogP contribution in [0.5, 0.6) is 0 Å². The summed E-state index contributed by atoms with van der Waals surface area (Å²) in [6.45, 7) is 6.79. The standard InChI is InChI=1S/C16H28N2O2S/c1-13(2)8-6-4-5-7-11-18-21(19,20)15-10-9-14(3)16(17)12-15/h9-10,12-13,18H,4-8,11,17H2,1-3H3. The monoisotopic (exact) mass is 312 g/mol. The first-order valence-corrected chi connectivity index (χ1v) is 9.17. The third-order valence-corrected chi connectivity index (χ3v) is 5.02. The number of nitrogen functional groups attached to an aromatic ring is 1. The van der Waals surface area contributed by atoms with Crippen LogP contribution in [0.2, 0.25) is 0 Å². The van der Waals surface area contributed by atoms with Crippen LogP contribution in [0.3, 0.4) is 0 Å². The van der Waals surface area contributed by atoms with E-state index in [4.69, 9.17) is 5.73 Å². The fourth-order valence-electron chi connectivity index (χ4n) is 2.11. The van der Waals surface area contributed by atoms with Crippen LogP contribution in [0.1, 0.15) is 51.5 Å². The highest BCUT2D eigenvalue weighted by atomic mass is 32.2. The van der Waals surface area contributed by atoms with Gasteiger partial charge in [-0.2, -0.15) is 0 Å². The van der Waals surface area contributed by atoms with Gasteiger partial charge in [-0.05, 0) is 37.0 Å². The molecule has 0 amide bonds. The van der Waals surface area contributed by atoms with Gasteiger partial charge < -0.3 is 5.73 Å². The van der Waals surface area contributed by atoms with E-state index in [0.29, 0.717) is 12.2 Å². The molecule has 0 saturated heterocycles. The van der Waals surface area contributed by atoms with Gasteiger partial charge in [0.2, 0.25) is 10.0 Å². The molecular formula is C16H28N2O2S. The Morgan fingerprint density at radius 3 is 2.43 bits per heavy atom. The summed E-state index contributed by atoms with van der Waals surface area (Å²) in [5.74, 6) is 0.746. The Balaban J connectivity index is 2.35. The summed E-state index contributed by atoms with van der Waals surface area (Å²) in [5, 5.41) is 0. The van der Waals surface area contributed by atoms with Crippen molar-refractivity contribution in [1.29, 1.82) is 0 Å². The molecule has 21 heavy (non-hydrogen) atoms. The van der Waals surface area contributed by atoms with Gasteiger partial charge in [-0.3, -0.25) is 0 Å². The Kier molecular flexibility index (Phi) is 7.18. The lowest BCUT2D eigenvalue weighted by atomic mass is 10.0. The lowest BCUT2D eigenvalue weighted by molar-refractivity contribution is 0.517. The SMILES string of the molecule is Cc1ccc(S(=O)(=O)NCCCCCCC(C)C)cc1N. The predicted molar refractivity (Wildman–Crippen MR) is 88.7 cm³/mol. The van der Waals surface area contributed by atoms with Crippen molar-refractivity contribution in [3.63, 3.8) is 0 Å². The Labute approximate surface area is 129 Å². The Morgan fingerprint density at radius 1 is 1.14 bits per heavy atom. The van der Waals surface area contributed by atoms with E-state index < -0.39 is 10.0 Å². The quantitative estimate of drug-likeness (QED) is 0.542. The van der Waals surface area contributed by atoms with Crippen LogP contribution in [0.25, 0.3) is 0 Å². The maximum absolute atomic E-state index is 12.1. The number of sulfonamides is 1. The number of unbranched alkanes of at least 4 members (excludes halogenated alkanes) is 3. The van der Waals surface area contributed by atoms with Crippen molar-refractivity contribution in [3.8, 4) is 0 Å². The third kappa shape index (κ3) is 6.48. The lowest BCUT2D eigenvalue weighted by Gasteiger charge is -2.09. The summed E-state index contributed by atoms with van der Waals surface area (Å²) in [6, 6.07) is 4.84. The minimum atomic E-state index is -3.44. The molecule has 1 rings (SSSR count). The number of aryl methyl sites for hydroxylation is 1. The molecule has 0 aromatic heterocycles. The zero-order valence-electron chi connectivity index (χ0n) is 13.4. The first-order valence-electron chi connectivity index (χ1n) is 7.68. The highest BCUT2D eigenvalue weighted by molar-refractivity contribution is 7.89. The number of nitrogens with one attached hydrogen (secondary N) is 1. The minimum Gasteiger partial charge on any atom is -0.398 e. The first kappa shape index (κ1) is 18.0. The molecular weight excluding hydrogens is 284 g/mol. The van der Waals surface area contributed by atoms with Gasteiger partial charge >= 0.3 is 0 Å². The maximum Gasteiger partial charge on any atom is 0.240 e. The molecule has 3 N–H and O–H groups in total. The molecule has 0 bridgehead atoms. The molecule has 1 aromatic rings. The van der Waals surface area contributed by atoms with Gasteiger partial charge in [0.05, 0.1) is 4.90 Å². The van der Waals surface area contributed by atoms with Gasteiger partial charge in [-0.15, -0.1) is 0 Å². The van der Waals surface area contributed by atoms with Gasteiger partial charge in [0, 0.05) is 12.2 Å². The van der Waals surface area contributed by atoms with Crippen LogP contribution in [0.15, 0.2) is 23.1 Å². The van der Waals surface area contributed by atoms with Gasteiger partial charge in [0.1, 0.15) is 0 Å². The van der Waals surface area contributed by atoms with E-state index in [1.165, 1.54) is 18.9 Å². The highest BCUT2D eigenvalue weighted by Gasteiger charge is 2.13. The number of nitrogens with two attached hydrogens (primary N) is 1. The Bertz CT molecular complexity index is 539. The van der Waals surface area contributed by atoms with E-state index >= 15 is 0 Å². The summed E-state index contributed by atoms with van der Waals surface area (Å²) in [7, 11) is -3.44. The fraction of sp³-hybridized carbons (Fsp3) is 0.625. The van der Waals surface area contributed by atoms with Crippen LogP contribution in [-0.2, 0) is 10.0 Å². The predicted octanol–water partition coefficient (Wildman–Crippen LogP) is 3.46. The highest BCUT2D eigenvalue weighted by Crippen LogP contribution is 2.17. The number of hydrogen-bond donors (Lipinski definition) is 2. The normalized spacial score (nSPS) is 12.0. The van der Waals surface area contributed by atoms with Crippen molar-refractivity contribution < 1.29 is 8.42 Å². The minimum absolute atomic E-state index is 0.241. The number of rotatable bonds is 9. The van der Waals surface area contributed by atoms with Crippen molar-refractivity contribution >= 4 is 15.7 Å². The van der Waals surface area contributed by atoms with Crippen molar-refractivity contribution in [2.45, 2.75) is 57.8 Å². The zero-order chi connectivity index (χ0) is 15.9. The van der Waals surface area contributed by atoms with Crippen LogP contribution in [0, 0.1) is 12.8 Å². The summed E-state index contributed by atoms with van der Waals surface area (Å²) >= 11 is 0. The van der Waals surface area contributed by atoms with Crippen molar-refractivity contribution in [2.24, 2.45) is 5.92 Å². The van der Waals surface area contributed by atoms with Gasteiger partial charge in [-0.1, -0.05) is 45.6 Å². The van der Waals surface area contributed by atoms with E-state index in [9.17, 15) is 8.42 Å². The summed E-state index contributed by atoms with van der Waals surface area (Å²) in [5.41, 5.74) is 7.15. The molecule has 0 heterocycles. The van der Waals surface area contributed by atoms with Gasteiger partial charge in [0.15, 0.2) is 0 Å². The second-order valence-electron chi connectivity index (χ2n) is 6.01. The Morgan fingerprint density at radius 2 is 1.81 bits per heavy atom. The molecule has 5 heteroatoms. The van der Waals surface area contributed by atoms with Crippen molar-refractivity contribution in [2.75, 3.05) is 12.3 Å². The molecule has 0 fully saturated rings. The van der Waals surface area contributed by atoms with E-state index in [1.54, 1.807) is 12.1 Å². The average molecular weight is 312 g/mol. The average Bonchev–Trinajstić information content (AvgIpc) is 2.40. The molecule has 0 unspecified atom stereocenters. The number of anilines is 1. The van der Waals surface area contributed by atoms with E-state index in [1.807, 2.05) is 6.92 Å². The molecule has 0 spiro atoms. The molecule has 0 radical (unpaired) electrons. The molecule has 0 atom stereocenters. The fourth-order valence-corrected chi connectivity index (χ4v) is 3.22. The maximum atomic E-state index is 12.1. The molecule has 0 aliphatic carbocycles. The number of benzene rings is 1. The van der Waals surface area contributed by atoms with E-state index in [-0.39, 0.29) is 4.90 Å². The van der Waals surface area contributed by atoms with Crippen LogP contribution in [0.4, 0.5) is 5.69 Å². The summed E-state index contributed by atoms with van der Waals surface area (Å²) < 4.78 is 26.9. The van der Waals surface area contributed by atoms with Crippen LogP contribution in [-0.4, -0.2) is 15.0 Å². The van der Waals surface area contributed by atoms with Crippen molar-refractivity contribution in [1.82, 2.24) is 4.72 Å². The van der Waals surface area contributed by atoms with Crippen LogP contribution < -0.4 is 10.5 Å². The zero-order valence-corrected chi connectivity index (χ0v) is 14.2. The van der Waals surface area contributed by atoms with Crippen LogP contribution >= 0.6 is 0 Å².